The van der Waals surface area contributed by atoms with Gasteiger partial charge in [0.1, 0.15) is 12.0 Å². The van der Waals surface area contributed by atoms with Gasteiger partial charge in [0.25, 0.3) is 0 Å². The number of nitrogens with zero attached hydrogens (tertiary/aromatic N) is 4. The van der Waals surface area contributed by atoms with E-state index < -0.39 is 23.8 Å². The van der Waals surface area contributed by atoms with Gasteiger partial charge in [0.15, 0.2) is 11.5 Å². The average molecular weight is 389 g/mol. The fourth-order valence-electron chi connectivity index (χ4n) is 3.03. The molecule has 5 rings (SSSR count). The Hall–Kier alpha value is -3.07. The second-order valence-corrected chi connectivity index (χ2v) is 6.77. The van der Waals surface area contributed by atoms with E-state index in [1.165, 1.54) is 12.3 Å². The molecule has 1 fully saturated rings. The van der Waals surface area contributed by atoms with Gasteiger partial charge in [-0.3, -0.25) is 14.9 Å². The molecule has 2 atom stereocenters. The highest BCUT2D eigenvalue weighted by Gasteiger charge is 2.43. The van der Waals surface area contributed by atoms with Gasteiger partial charge in [0, 0.05) is 23.2 Å². The Morgan fingerprint density at radius 1 is 1.37 bits per heavy atom. The monoisotopic (exact) mass is 388 g/mol. The smallest absolute Gasteiger partial charge is 0.231 e. The summed E-state index contributed by atoms with van der Waals surface area (Å²) in [6.45, 7) is 0. The summed E-state index contributed by atoms with van der Waals surface area (Å²) in [6.07, 6.45) is 5.39. The van der Waals surface area contributed by atoms with Crippen LogP contribution in [0.4, 0.5) is 14.6 Å². The number of amides is 1. The van der Waals surface area contributed by atoms with Gasteiger partial charge in [-0.25, -0.2) is 13.8 Å². The second-order valence-electron chi connectivity index (χ2n) is 6.39. The molecule has 3 aromatic heterocycles. The van der Waals surface area contributed by atoms with Gasteiger partial charge >= 0.3 is 0 Å². The first-order valence-electron chi connectivity index (χ1n) is 8.12. The molecular formula is C17H11ClF2N6O. The number of fused-ring (bicyclic) bond motifs is 2. The fourth-order valence-corrected chi connectivity index (χ4v) is 3.28. The van der Waals surface area contributed by atoms with E-state index in [1.807, 2.05) is 0 Å². The highest BCUT2D eigenvalue weighted by atomic mass is 35.5. The lowest BCUT2D eigenvalue weighted by atomic mass is 10.1. The summed E-state index contributed by atoms with van der Waals surface area (Å²) in [6, 6.07) is 1.27. The molecule has 0 saturated heterocycles. The van der Waals surface area contributed by atoms with Crippen LogP contribution in [0.5, 0.6) is 0 Å². The average Bonchev–Trinajstić information content (AvgIpc) is 3.02. The van der Waals surface area contributed by atoms with Crippen LogP contribution in [0.2, 0.25) is 5.02 Å². The summed E-state index contributed by atoms with van der Waals surface area (Å²) in [4.78, 5) is 20.4. The van der Waals surface area contributed by atoms with Crippen LogP contribution in [0, 0.1) is 11.7 Å². The Bertz CT molecular complexity index is 1220. The molecule has 1 saturated carbocycles. The first-order chi connectivity index (χ1) is 13.0. The maximum Gasteiger partial charge on any atom is 0.231 e. The molecule has 136 valence electrons. The number of halogens is 3. The molecule has 10 heteroatoms. The Kier molecular flexibility index (Phi) is 3.41. The zero-order valence-electron chi connectivity index (χ0n) is 13.6. The second kappa shape index (κ2) is 5.71. The van der Waals surface area contributed by atoms with E-state index in [4.69, 9.17) is 11.6 Å². The highest BCUT2D eigenvalue weighted by Crippen LogP contribution is 2.36. The van der Waals surface area contributed by atoms with E-state index in [9.17, 15) is 13.6 Å². The molecule has 0 radical (unpaired) electrons. The molecule has 1 aliphatic carbocycles. The number of carbonyl (C=O) groups is 1. The number of imidazole rings is 1. The van der Waals surface area contributed by atoms with Crippen molar-refractivity contribution in [3.05, 3.63) is 41.7 Å². The van der Waals surface area contributed by atoms with E-state index in [2.05, 4.69) is 25.5 Å². The number of alkyl halides is 1. The van der Waals surface area contributed by atoms with E-state index in [0.29, 0.717) is 27.8 Å². The zero-order valence-corrected chi connectivity index (χ0v) is 14.3. The summed E-state index contributed by atoms with van der Waals surface area (Å²) in [5, 5.41) is 9.78. The summed E-state index contributed by atoms with van der Waals surface area (Å²) >= 11 is 6.17. The highest BCUT2D eigenvalue weighted by molar-refractivity contribution is 6.35. The van der Waals surface area contributed by atoms with Crippen molar-refractivity contribution in [3.63, 3.8) is 0 Å². The van der Waals surface area contributed by atoms with Crippen LogP contribution in [0.3, 0.4) is 0 Å². The summed E-state index contributed by atoms with van der Waals surface area (Å²) < 4.78 is 28.8. The minimum Gasteiger partial charge on any atom is -0.309 e. The Morgan fingerprint density at radius 3 is 2.96 bits per heavy atom. The van der Waals surface area contributed by atoms with Crippen LogP contribution < -0.4 is 5.32 Å². The standard InChI is InChI=1S/C17H11ClF2N6O/c18-16-10(20)2-11-8(3-22-25-11)15(16)12-5-26-6-13(23-14(26)4-21-12)24-17(27)7-1-9(7)19/h2-7,9H,1H2,(H,22,25)(H,24,27). The SMILES string of the molecule is O=C(Nc1cn2cc(-c3c(Cl)c(F)cc4[nH]ncc34)ncc2n1)C1CC1F. The largest absolute Gasteiger partial charge is 0.309 e. The third-order valence-electron chi connectivity index (χ3n) is 4.54. The van der Waals surface area contributed by atoms with Gasteiger partial charge in [0.05, 0.1) is 40.7 Å². The van der Waals surface area contributed by atoms with Crippen LogP contribution in [0.1, 0.15) is 6.42 Å². The number of aromatic nitrogens is 5. The molecule has 1 aromatic carbocycles. The van der Waals surface area contributed by atoms with Crippen molar-refractivity contribution >= 4 is 39.9 Å². The number of aromatic amines is 1. The Balaban J connectivity index is 1.56. The molecule has 1 aliphatic rings. The van der Waals surface area contributed by atoms with Gasteiger partial charge in [-0.15, -0.1) is 0 Å². The number of benzene rings is 1. The minimum atomic E-state index is -1.08. The molecule has 1 amide bonds. The van der Waals surface area contributed by atoms with Crippen LogP contribution in [-0.4, -0.2) is 36.6 Å². The number of anilines is 1. The first-order valence-corrected chi connectivity index (χ1v) is 8.50. The van der Waals surface area contributed by atoms with Gasteiger partial charge in [-0.1, -0.05) is 11.6 Å². The molecular weight excluding hydrogens is 378 g/mol. The topological polar surface area (TPSA) is 88.0 Å². The van der Waals surface area contributed by atoms with E-state index >= 15 is 0 Å². The third kappa shape index (κ3) is 2.62. The molecule has 27 heavy (non-hydrogen) atoms. The molecule has 0 spiro atoms. The number of nitrogens with one attached hydrogen (secondary N) is 2. The van der Waals surface area contributed by atoms with Crippen molar-refractivity contribution in [2.24, 2.45) is 5.92 Å². The summed E-state index contributed by atoms with van der Waals surface area (Å²) in [5.41, 5.74) is 1.79. The number of hydrogen-bond donors (Lipinski definition) is 2. The van der Waals surface area contributed by atoms with Gasteiger partial charge in [-0.05, 0) is 6.42 Å². The van der Waals surface area contributed by atoms with Crippen molar-refractivity contribution in [1.82, 2.24) is 24.6 Å². The predicted molar refractivity (Wildman–Crippen MR) is 94.7 cm³/mol. The molecule has 0 bridgehead atoms. The van der Waals surface area contributed by atoms with Crippen LogP contribution >= 0.6 is 11.6 Å². The molecule has 0 aliphatic heterocycles. The lowest BCUT2D eigenvalue weighted by molar-refractivity contribution is -0.117. The van der Waals surface area contributed by atoms with Crippen molar-refractivity contribution < 1.29 is 13.6 Å². The van der Waals surface area contributed by atoms with Gasteiger partial charge in [-0.2, -0.15) is 5.10 Å². The Morgan fingerprint density at radius 2 is 2.19 bits per heavy atom. The van der Waals surface area contributed by atoms with Crippen LogP contribution in [-0.2, 0) is 4.79 Å². The first kappa shape index (κ1) is 16.1. The maximum atomic E-state index is 14.1. The van der Waals surface area contributed by atoms with E-state index in [-0.39, 0.29) is 17.3 Å². The predicted octanol–water partition coefficient (Wildman–Crippen LogP) is 3.36. The van der Waals surface area contributed by atoms with Crippen molar-refractivity contribution in [2.45, 2.75) is 12.6 Å². The molecule has 7 nitrogen and oxygen atoms in total. The van der Waals surface area contributed by atoms with Crippen molar-refractivity contribution in [1.29, 1.82) is 0 Å². The molecule has 3 heterocycles. The van der Waals surface area contributed by atoms with Gasteiger partial charge in [0.2, 0.25) is 5.91 Å². The lowest BCUT2D eigenvalue weighted by Gasteiger charge is -2.07. The number of H-pyrrole nitrogens is 1. The lowest BCUT2D eigenvalue weighted by Crippen LogP contribution is -2.15. The normalized spacial score (nSPS) is 18.9. The molecule has 2 unspecified atom stereocenters. The Labute approximate surface area is 155 Å². The van der Waals surface area contributed by atoms with Gasteiger partial charge < -0.3 is 9.72 Å². The molecule has 4 aromatic rings. The molecule has 2 N–H and O–H groups in total. The van der Waals surface area contributed by atoms with Crippen molar-refractivity contribution in [3.8, 4) is 11.3 Å². The fraction of sp³-hybridized carbons (Fsp3) is 0.176. The van der Waals surface area contributed by atoms with Crippen LogP contribution in [0.15, 0.2) is 30.9 Å². The van der Waals surface area contributed by atoms with Crippen molar-refractivity contribution in [2.75, 3.05) is 5.32 Å². The van der Waals surface area contributed by atoms with E-state index in [0.717, 1.165) is 0 Å². The minimum absolute atomic E-state index is 0.0629. The quantitative estimate of drug-likeness (QED) is 0.563. The summed E-state index contributed by atoms with van der Waals surface area (Å²) in [7, 11) is 0. The summed E-state index contributed by atoms with van der Waals surface area (Å²) in [5.74, 6) is -1.30. The number of carbonyl (C=O) groups excluding carboxylic acids is 1. The number of rotatable bonds is 3. The maximum absolute atomic E-state index is 14.1. The van der Waals surface area contributed by atoms with E-state index in [1.54, 1.807) is 23.0 Å². The number of hydrogen-bond acceptors (Lipinski definition) is 4. The zero-order chi connectivity index (χ0) is 18.7. The van der Waals surface area contributed by atoms with Crippen LogP contribution in [0.25, 0.3) is 27.8 Å². The third-order valence-corrected chi connectivity index (χ3v) is 4.91.